The van der Waals surface area contributed by atoms with E-state index in [4.69, 9.17) is 0 Å². The predicted molar refractivity (Wildman–Crippen MR) is 69.0 cm³/mol. The Morgan fingerprint density at radius 1 is 1.11 bits per heavy atom. The molecule has 0 saturated heterocycles. The molecule has 0 aromatic heterocycles. The fourth-order valence-electron chi connectivity index (χ4n) is 1.57. The number of hydrogen-bond acceptors (Lipinski definition) is 3. The number of nitrogens with zero attached hydrogens (tertiary/aromatic N) is 1. The van der Waals surface area contributed by atoms with Gasteiger partial charge in [-0.3, -0.25) is 14.9 Å². The molecule has 0 N–H and O–H groups in total. The van der Waals surface area contributed by atoms with Crippen LogP contribution in [0.2, 0.25) is 0 Å². The molecule has 0 aliphatic heterocycles. The van der Waals surface area contributed by atoms with E-state index in [9.17, 15) is 14.9 Å². The van der Waals surface area contributed by atoms with Gasteiger partial charge in [-0.15, -0.1) is 0 Å². The number of rotatable bonds is 3. The van der Waals surface area contributed by atoms with Gasteiger partial charge < -0.3 is 0 Å². The fourth-order valence-corrected chi connectivity index (χ4v) is 1.57. The average Bonchev–Trinajstić information content (AvgIpc) is 2.38. The molecule has 0 atom stereocenters. The van der Waals surface area contributed by atoms with Crippen LogP contribution in [0.15, 0.2) is 54.1 Å². The third-order valence-electron chi connectivity index (χ3n) is 2.57. The lowest BCUT2D eigenvalue weighted by Gasteiger charge is -2.00. The number of nitro groups is 1. The Morgan fingerprint density at radius 3 is 2.39 bits per heavy atom. The molecule has 0 spiro atoms. The number of allylic oxidation sites excluding steroid dienone is 5. The van der Waals surface area contributed by atoms with Crippen molar-refractivity contribution in [1.82, 2.24) is 0 Å². The maximum atomic E-state index is 11.0. The first-order chi connectivity index (χ1) is 8.65. The molecule has 0 fully saturated rings. The molecule has 0 amide bonds. The van der Waals surface area contributed by atoms with Gasteiger partial charge in [-0.1, -0.05) is 24.3 Å². The van der Waals surface area contributed by atoms with Crippen molar-refractivity contribution in [1.29, 1.82) is 0 Å². The predicted octanol–water partition coefficient (Wildman–Crippen LogP) is 3.06. The normalized spacial score (nSPS) is 14.9. The molecule has 2 rings (SSSR count). The van der Waals surface area contributed by atoms with Crippen LogP contribution in [-0.2, 0) is 4.79 Å². The maximum absolute atomic E-state index is 11.0. The lowest BCUT2D eigenvalue weighted by atomic mass is 10.0. The minimum absolute atomic E-state index is 0.0783. The van der Waals surface area contributed by atoms with Crippen molar-refractivity contribution in [3.8, 4) is 0 Å². The van der Waals surface area contributed by atoms with E-state index in [-0.39, 0.29) is 11.5 Å². The lowest BCUT2D eigenvalue weighted by Crippen LogP contribution is -1.94. The van der Waals surface area contributed by atoms with E-state index >= 15 is 0 Å². The Balaban J connectivity index is 2.08. The average molecular weight is 241 g/mol. The second-order valence-corrected chi connectivity index (χ2v) is 3.89. The summed E-state index contributed by atoms with van der Waals surface area (Å²) in [6.07, 6.45) is 9.32. The van der Waals surface area contributed by atoms with Crippen LogP contribution < -0.4 is 0 Å². The monoisotopic (exact) mass is 241 g/mol. The summed E-state index contributed by atoms with van der Waals surface area (Å²) < 4.78 is 0. The van der Waals surface area contributed by atoms with Gasteiger partial charge in [0, 0.05) is 18.6 Å². The summed E-state index contributed by atoms with van der Waals surface area (Å²) in [7, 11) is 0. The number of benzene rings is 1. The van der Waals surface area contributed by atoms with Gasteiger partial charge in [-0.05, 0) is 29.3 Å². The summed E-state index contributed by atoms with van der Waals surface area (Å²) in [6, 6.07) is 6.31. The Bertz CT molecular complexity index is 565. The van der Waals surface area contributed by atoms with Crippen molar-refractivity contribution >= 4 is 17.5 Å². The molecule has 18 heavy (non-hydrogen) atoms. The molecule has 0 unspecified atom stereocenters. The van der Waals surface area contributed by atoms with Crippen LogP contribution in [0.1, 0.15) is 12.0 Å². The van der Waals surface area contributed by atoms with Crippen LogP contribution in [0.5, 0.6) is 0 Å². The van der Waals surface area contributed by atoms with E-state index in [1.807, 2.05) is 18.2 Å². The summed E-state index contributed by atoms with van der Waals surface area (Å²) in [5.41, 5.74) is 1.93. The van der Waals surface area contributed by atoms with Gasteiger partial charge in [0.1, 0.15) is 0 Å². The SMILES string of the molecule is O=C1C=CC(C=Cc2ccc([N+](=O)[O-])cc2)=CC1. The van der Waals surface area contributed by atoms with Gasteiger partial charge in [-0.25, -0.2) is 0 Å². The topological polar surface area (TPSA) is 60.2 Å². The van der Waals surface area contributed by atoms with E-state index in [2.05, 4.69) is 0 Å². The summed E-state index contributed by atoms with van der Waals surface area (Å²) >= 11 is 0. The molecular weight excluding hydrogens is 230 g/mol. The van der Waals surface area contributed by atoms with Gasteiger partial charge in [0.05, 0.1) is 4.92 Å². The molecule has 0 bridgehead atoms. The Morgan fingerprint density at radius 2 is 1.83 bits per heavy atom. The van der Waals surface area contributed by atoms with Gasteiger partial charge in [0.25, 0.3) is 5.69 Å². The Hall–Kier alpha value is -2.49. The van der Waals surface area contributed by atoms with Gasteiger partial charge in [0.2, 0.25) is 0 Å². The number of ketones is 1. The summed E-state index contributed by atoms with van der Waals surface area (Å²) in [5.74, 6) is 0.0995. The first-order valence-electron chi connectivity index (χ1n) is 5.49. The van der Waals surface area contributed by atoms with Crippen LogP contribution in [0, 0.1) is 10.1 Å². The zero-order chi connectivity index (χ0) is 13.0. The third kappa shape index (κ3) is 3.01. The highest BCUT2D eigenvalue weighted by Crippen LogP contribution is 2.15. The molecule has 1 aliphatic rings. The van der Waals surface area contributed by atoms with Crippen molar-refractivity contribution < 1.29 is 9.72 Å². The number of carbonyl (C=O) groups is 1. The number of non-ortho nitro benzene ring substituents is 1. The largest absolute Gasteiger partial charge is 0.295 e. The van der Waals surface area contributed by atoms with E-state index in [1.54, 1.807) is 24.3 Å². The quantitative estimate of drug-likeness (QED) is 0.603. The molecule has 4 nitrogen and oxygen atoms in total. The zero-order valence-corrected chi connectivity index (χ0v) is 9.58. The van der Waals surface area contributed by atoms with Crippen LogP contribution in [0.3, 0.4) is 0 Å². The molecule has 4 heteroatoms. The van der Waals surface area contributed by atoms with E-state index in [0.717, 1.165) is 11.1 Å². The highest BCUT2D eigenvalue weighted by atomic mass is 16.6. The lowest BCUT2D eigenvalue weighted by molar-refractivity contribution is -0.384. The van der Waals surface area contributed by atoms with E-state index < -0.39 is 4.92 Å². The third-order valence-corrected chi connectivity index (χ3v) is 2.57. The zero-order valence-electron chi connectivity index (χ0n) is 9.58. The molecule has 1 aromatic carbocycles. The second kappa shape index (κ2) is 5.23. The van der Waals surface area contributed by atoms with Crippen molar-refractivity contribution in [3.05, 3.63) is 69.8 Å². The van der Waals surface area contributed by atoms with E-state index in [0.29, 0.717) is 6.42 Å². The first-order valence-corrected chi connectivity index (χ1v) is 5.49. The Kier molecular flexibility index (Phi) is 3.48. The highest BCUT2D eigenvalue weighted by molar-refractivity contribution is 5.93. The van der Waals surface area contributed by atoms with Gasteiger partial charge in [0.15, 0.2) is 5.78 Å². The Labute approximate surface area is 104 Å². The molecule has 1 aromatic rings. The molecule has 0 radical (unpaired) electrons. The van der Waals surface area contributed by atoms with Gasteiger partial charge >= 0.3 is 0 Å². The van der Waals surface area contributed by atoms with Crippen LogP contribution in [0.25, 0.3) is 6.08 Å². The molecule has 0 heterocycles. The first kappa shape index (κ1) is 12.0. The van der Waals surface area contributed by atoms with E-state index in [1.165, 1.54) is 12.1 Å². The number of carbonyl (C=O) groups excluding carboxylic acids is 1. The van der Waals surface area contributed by atoms with Gasteiger partial charge in [-0.2, -0.15) is 0 Å². The standard InChI is InChI=1S/C14H11NO3/c16-14-9-5-12(6-10-14)2-1-11-3-7-13(8-4-11)15(17)18/h1-9H,10H2. The molecule has 90 valence electrons. The summed E-state index contributed by atoms with van der Waals surface area (Å²) in [4.78, 5) is 21.0. The fraction of sp³-hybridized carbons (Fsp3) is 0.0714. The minimum atomic E-state index is -0.425. The second-order valence-electron chi connectivity index (χ2n) is 3.89. The molecule has 1 aliphatic carbocycles. The summed E-state index contributed by atoms with van der Waals surface area (Å²) in [5, 5.41) is 10.5. The number of nitro benzene ring substituents is 1. The maximum Gasteiger partial charge on any atom is 0.269 e. The van der Waals surface area contributed by atoms with Crippen LogP contribution in [0.4, 0.5) is 5.69 Å². The van der Waals surface area contributed by atoms with Crippen LogP contribution in [-0.4, -0.2) is 10.7 Å². The highest BCUT2D eigenvalue weighted by Gasteiger charge is 2.03. The minimum Gasteiger partial charge on any atom is -0.295 e. The molecule has 0 saturated carbocycles. The van der Waals surface area contributed by atoms with Crippen molar-refractivity contribution in [2.75, 3.05) is 0 Å². The summed E-state index contributed by atoms with van der Waals surface area (Å²) in [6.45, 7) is 0. The van der Waals surface area contributed by atoms with Crippen molar-refractivity contribution in [2.45, 2.75) is 6.42 Å². The van der Waals surface area contributed by atoms with Crippen molar-refractivity contribution in [2.24, 2.45) is 0 Å². The van der Waals surface area contributed by atoms with Crippen LogP contribution >= 0.6 is 0 Å². The van der Waals surface area contributed by atoms with Crippen molar-refractivity contribution in [3.63, 3.8) is 0 Å². The molecular formula is C14H11NO3. The number of hydrogen-bond donors (Lipinski definition) is 0. The smallest absolute Gasteiger partial charge is 0.269 e.